The Kier molecular flexibility index (Phi) is 7.25. The molecule has 3 N–H and O–H groups in total. The van der Waals surface area contributed by atoms with Crippen LogP contribution in [0.15, 0.2) is 12.1 Å². The normalized spacial score (nSPS) is 10.2. The first-order chi connectivity index (χ1) is 9.90. The third-order valence-electron chi connectivity index (χ3n) is 2.60. The molecule has 1 aromatic rings. The van der Waals surface area contributed by atoms with E-state index in [-0.39, 0.29) is 22.2 Å². The number of anilines is 1. The standard InChI is InChI=1S/C13H15Cl2FN2O3/c14-9-6-8(16)7-10(15)12(9)18-13(21)17-5-3-1-2-4-11(19)20/h6-7H,1-5H2,(H,19,20)(H2,17,18,21). The van der Waals surface area contributed by atoms with E-state index >= 15 is 0 Å². The molecule has 1 rings (SSSR count). The molecule has 116 valence electrons. The molecule has 0 aliphatic heterocycles. The maximum Gasteiger partial charge on any atom is 0.319 e. The summed E-state index contributed by atoms with van der Waals surface area (Å²) in [6.45, 7) is 0.391. The Bertz CT molecular complexity index is 503. The summed E-state index contributed by atoms with van der Waals surface area (Å²) >= 11 is 11.6. The topological polar surface area (TPSA) is 78.4 Å². The van der Waals surface area contributed by atoms with E-state index in [1.54, 1.807) is 0 Å². The minimum atomic E-state index is -0.832. The third kappa shape index (κ3) is 6.64. The Morgan fingerprint density at radius 2 is 1.76 bits per heavy atom. The van der Waals surface area contributed by atoms with Gasteiger partial charge in [0.1, 0.15) is 5.82 Å². The van der Waals surface area contributed by atoms with Gasteiger partial charge in [0, 0.05) is 13.0 Å². The Morgan fingerprint density at radius 1 is 1.14 bits per heavy atom. The second kappa shape index (κ2) is 8.69. The van der Waals surface area contributed by atoms with Crippen LogP contribution < -0.4 is 10.6 Å². The molecule has 0 saturated heterocycles. The number of nitrogens with one attached hydrogen (secondary N) is 2. The highest BCUT2D eigenvalue weighted by molar-refractivity contribution is 6.39. The number of carboxylic acids is 1. The number of rotatable bonds is 7. The lowest BCUT2D eigenvalue weighted by Crippen LogP contribution is -2.29. The zero-order chi connectivity index (χ0) is 15.8. The molecule has 0 aromatic heterocycles. The summed E-state index contributed by atoms with van der Waals surface area (Å²) < 4.78 is 13.0. The molecule has 0 spiro atoms. The number of carbonyl (C=O) groups is 2. The highest BCUT2D eigenvalue weighted by atomic mass is 35.5. The van der Waals surface area contributed by atoms with Crippen molar-refractivity contribution in [1.29, 1.82) is 0 Å². The van der Waals surface area contributed by atoms with Crippen molar-refractivity contribution in [2.45, 2.75) is 25.7 Å². The molecule has 0 unspecified atom stereocenters. The van der Waals surface area contributed by atoms with Crippen LogP contribution in [0.2, 0.25) is 10.0 Å². The summed E-state index contributed by atoms with van der Waals surface area (Å²) in [5.74, 6) is -1.42. The lowest BCUT2D eigenvalue weighted by molar-refractivity contribution is -0.137. The van der Waals surface area contributed by atoms with E-state index in [1.165, 1.54) is 0 Å². The molecular formula is C13H15Cl2FN2O3. The number of hydrogen-bond acceptors (Lipinski definition) is 2. The summed E-state index contributed by atoms with van der Waals surface area (Å²) in [7, 11) is 0. The number of carbonyl (C=O) groups excluding carboxylic acids is 1. The van der Waals surface area contributed by atoms with Gasteiger partial charge in [0.2, 0.25) is 0 Å². The van der Waals surface area contributed by atoms with Crippen LogP contribution >= 0.6 is 23.2 Å². The molecule has 0 saturated carbocycles. The van der Waals surface area contributed by atoms with E-state index in [0.29, 0.717) is 25.8 Å². The third-order valence-corrected chi connectivity index (χ3v) is 3.19. The number of halogens is 3. The van der Waals surface area contributed by atoms with E-state index in [1.807, 2.05) is 0 Å². The largest absolute Gasteiger partial charge is 0.481 e. The highest BCUT2D eigenvalue weighted by Crippen LogP contribution is 2.31. The molecule has 21 heavy (non-hydrogen) atoms. The van der Waals surface area contributed by atoms with Crippen molar-refractivity contribution < 1.29 is 19.1 Å². The number of urea groups is 1. The maximum absolute atomic E-state index is 13.0. The Labute approximate surface area is 131 Å². The number of unbranched alkanes of at least 4 members (excludes halogenated alkanes) is 2. The molecule has 8 heteroatoms. The number of amides is 2. The first kappa shape index (κ1) is 17.5. The van der Waals surface area contributed by atoms with Gasteiger partial charge in [0.15, 0.2) is 0 Å². The summed E-state index contributed by atoms with van der Waals surface area (Å²) in [6, 6.07) is 1.59. The van der Waals surface area contributed by atoms with Gasteiger partial charge in [-0.05, 0) is 25.0 Å². The smallest absolute Gasteiger partial charge is 0.319 e. The Balaban J connectivity index is 2.33. The van der Waals surface area contributed by atoms with Crippen LogP contribution in [0.4, 0.5) is 14.9 Å². The van der Waals surface area contributed by atoms with Crippen molar-refractivity contribution in [1.82, 2.24) is 5.32 Å². The van der Waals surface area contributed by atoms with Crippen molar-refractivity contribution in [3.63, 3.8) is 0 Å². The first-order valence-electron chi connectivity index (χ1n) is 6.31. The highest BCUT2D eigenvalue weighted by Gasteiger charge is 2.11. The van der Waals surface area contributed by atoms with Gasteiger partial charge < -0.3 is 15.7 Å². The fraction of sp³-hybridized carbons (Fsp3) is 0.385. The van der Waals surface area contributed by atoms with E-state index < -0.39 is 17.8 Å². The van der Waals surface area contributed by atoms with Gasteiger partial charge in [-0.3, -0.25) is 4.79 Å². The number of benzene rings is 1. The van der Waals surface area contributed by atoms with Crippen molar-refractivity contribution >= 4 is 40.9 Å². The SMILES string of the molecule is O=C(O)CCCCCNC(=O)Nc1c(Cl)cc(F)cc1Cl. The predicted octanol–water partition coefficient (Wildman–Crippen LogP) is 3.90. The van der Waals surface area contributed by atoms with Crippen molar-refractivity contribution in [2.75, 3.05) is 11.9 Å². The molecule has 5 nitrogen and oxygen atoms in total. The van der Waals surface area contributed by atoms with Gasteiger partial charge in [0.05, 0.1) is 15.7 Å². The van der Waals surface area contributed by atoms with Crippen molar-refractivity contribution in [2.24, 2.45) is 0 Å². The minimum absolute atomic E-state index is 0.0107. The minimum Gasteiger partial charge on any atom is -0.481 e. The summed E-state index contributed by atoms with van der Waals surface area (Å²) in [5, 5.41) is 13.5. The number of carboxylic acid groups (broad SMARTS) is 1. The lowest BCUT2D eigenvalue weighted by atomic mass is 10.2. The molecule has 1 aromatic carbocycles. The molecule has 0 atom stereocenters. The van der Waals surface area contributed by atoms with Crippen molar-refractivity contribution in [3.05, 3.63) is 28.0 Å². The predicted molar refractivity (Wildman–Crippen MR) is 79.5 cm³/mol. The molecule has 0 aliphatic carbocycles. The first-order valence-corrected chi connectivity index (χ1v) is 7.07. The van der Waals surface area contributed by atoms with E-state index in [4.69, 9.17) is 28.3 Å². The van der Waals surface area contributed by atoms with Crippen LogP contribution in [0.1, 0.15) is 25.7 Å². The van der Waals surface area contributed by atoms with Gasteiger partial charge in [-0.1, -0.05) is 29.6 Å². The zero-order valence-corrected chi connectivity index (χ0v) is 12.6. The van der Waals surface area contributed by atoms with E-state index in [9.17, 15) is 14.0 Å². The average molecular weight is 337 g/mol. The monoisotopic (exact) mass is 336 g/mol. The fourth-order valence-electron chi connectivity index (χ4n) is 1.60. The van der Waals surface area contributed by atoms with Crippen molar-refractivity contribution in [3.8, 4) is 0 Å². The van der Waals surface area contributed by atoms with E-state index in [2.05, 4.69) is 10.6 Å². The van der Waals surface area contributed by atoms with Crippen LogP contribution in [0, 0.1) is 5.82 Å². The quantitative estimate of drug-likeness (QED) is 0.660. The van der Waals surface area contributed by atoms with Crippen LogP contribution in [-0.2, 0) is 4.79 Å². The second-order valence-corrected chi connectivity index (χ2v) is 5.14. The summed E-state index contributed by atoms with van der Waals surface area (Å²) in [4.78, 5) is 21.9. The van der Waals surface area contributed by atoms with Crippen LogP contribution in [0.5, 0.6) is 0 Å². The average Bonchev–Trinajstić information content (AvgIpc) is 2.37. The van der Waals surface area contributed by atoms with Gasteiger partial charge >= 0.3 is 12.0 Å². The molecule has 0 aliphatic rings. The van der Waals surface area contributed by atoms with Crippen LogP contribution in [-0.4, -0.2) is 23.7 Å². The molecule has 0 heterocycles. The summed E-state index contributed by atoms with van der Waals surface area (Å²) in [5.41, 5.74) is 0.142. The van der Waals surface area contributed by atoms with Crippen LogP contribution in [0.25, 0.3) is 0 Å². The number of hydrogen-bond donors (Lipinski definition) is 3. The lowest BCUT2D eigenvalue weighted by Gasteiger charge is -2.10. The number of aliphatic carboxylic acids is 1. The Hall–Kier alpha value is -1.53. The van der Waals surface area contributed by atoms with Crippen LogP contribution in [0.3, 0.4) is 0 Å². The molecule has 2 amide bonds. The Morgan fingerprint density at radius 3 is 2.33 bits per heavy atom. The zero-order valence-electron chi connectivity index (χ0n) is 11.1. The molecular weight excluding hydrogens is 322 g/mol. The van der Waals surface area contributed by atoms with E-state index in [0.717, 1.165) is 12.1 Å². The van der Waals surface area contributed by atoms with Gasteiger partial charge in [-0.25, -0.2) is 9.18 Å². The molecule has 0 bridgehead atoms. The maximum atomic E-state index is 13.0. The van der Waals surface area contributed by atoms with Gasteiger partial charge in [-0.15, -0.1) is 0 Å². The summed E-state index contributed by atoms with van der Waals surface area (Å²) in [6.07, 6.45) is 2.04. The second-order valence-electron chi connectivity index (χ2n) is 4.33. The van der Waals surface area contributed by atoms with Gasteiger partial charge in [-0.2, -0.15) is 0 Å². The van der Waals surface area contributed by atoms with Gasteiger partial charge in [0.25, 0.3) is 0 Å². The molecule has 0 fully saturated rings. The molecule has 0 radical (unpaired) electrons. The fourth-order valence-corrected chi connectivity index (χ4v) is 2.15.